The van der Waals surface area contributed by atoms with E-state index < -0.39 is 0 Å². The molecule has 3 rings (SSSR count). The molecule has 23 heavy (non-hydrogen) atoms. The van der Waals surface area contributed by atoms with Crippen LogP contribution < -0.4 is 0 Å². The van der Waals surface area contributed by atoms with Gasteiger partial charge < -0.3 is 4.74 Å². The van der Waals surface area contributed by atoms with E-state index >= 15 is 0 Å². The predicted molar refractivity (Wildman–Crippen MR) is 87.8 cm³/mol. The second kappa shape index (κ2) is 7.26. The summed E-state index contributed by atoms with van der Waals surface area (Å²) >= 11 is 0. The molecule has 0 radical (unpaired) electrons. The average Bonchev–Trinajstić information content (AvgIpc) is 2.82. The van der Waals surface area contributed by atoms with Gasteiger partial charge in [-0.3, -0.25) is 14.5 Å². The molecular weight excluding hydrogens is 290 g/mol. The largest absolute Gasteiger partial charge is 0.376 e. The van der Waals surface area contributed by atoms with Gasteiger partial charge in [-0.25, -0.2) is 0 Å². The van der Waals surface area contributed by atoms with Gasteiger partial charge in [-0.15, -0.1) is 0 Å². The van der Waals surface area contributed by atoms with Gasteiger partial charge in [0.05, 0.1) is 18.8 Å². The molecule has 124 valence electrons. The van der Waals surface area contributed by atoms with Crippen molar-refractivity contribution in [3.05, 3.63) is 35.9 Å². The van der Waals surface area contributed by atoms with Crippen molar-refractivity contribution in [3.8, 4) is 0 Å². The van der Waals surface area contributed by atoms with Crippen LogP contribution in [0.15, 0.2) is 30.3 Å². The number of hydrogen-bond donors (Lipinski definition) is 0. The fraction of sp³-hybridized carbons (Fsp3) is 0.579. The lowest BCUT2D eigenvalue weighted by atomic mass is 9.91. The van der Waals surface area contributed by atoms with Crippen LogP contribution in [-0.4, -0.2) is 35.5 Å². The lowest BCUT2D eigenvalue weighted by Crippen LogP contribution is -2.49. The molecule has 2 fully saturated rings. The Morgan fingerprint density at radius 3 is 2.57 bits per heavy atom. The van der Waals surface area contributed by atoms with E-state index in [1.54, 1.807) is 0 Å². The van der Waals surface area contributed by atoms with Crippen LogP contribution in [0.4, 0.5) is 0 Å². The predicted octanol–water partition coefficient (Wildman–Crippen LogP) is 2.95. The van der Waals surface area contributed by atoms with Crippen LogP contribution in [-0.2, 0) is 20.7 Å². The van der Waals surface area contributed by atoms with Gasteiger partial charge >= 0.3 is 0 Å². The fourth-order valence-electron chi connectivity index (χ4n) is 3.70. The number of imide groups is 1. The van der Waals surface area contributed by atoms with E-state index in [-0.39, 0.29) is 29.9 Å². The van der Waals surface area contributed by atoms with E-state index in [0.717, 1.165) is 32.1 Å². The van der Waals surface area contributed by atoms with Crippen LogP contribution in [0, 0.1) is 5.92 Å². The molecule has 1 aliphatic heterocycles. The lowest BCUT2D eigenvalue weighted by Gasteiger charge is -2.36. The Morgan fingerprint density at radius 1 is 1.13 bits per heavy atom. The maximum atomic E-state index is 12.3. The van der Waals surface area contributed by atoms with E-state index in [2.05, 4.69) is 12.1 Å². The van der Waals surface area contributed by atoms with Crippen molar-refractivity contribution in [1.29, 1.82) is 0 Å². The summed E-state index contributed by atoms with van der Waals surface area (Å²) < 4.78 is 6.10. The third-order valence-electron chi connectivity index (χ3n) is 4.97. The zero-order valence-electron chi connectivity index (χ0n) is 13.7. The Bertz CT molecular complexity index is 557. The summed E-state index contributed by atoms with van der Waals surface area (Å²) in [5.74, 6) is -0.209. The first-order chi connectivity index (χ1) is 11.2. The highest BCUT2D eigenvalue weighted by Gasteiger charge is 2.43. The highest BCUT2D eigenvalue weighted by molar-refractivity contribution is 6.03. The minimum atomic E-state index is -0.172. The van der Waals surface area contributed by atoms with Crippen LogP contribution in [0.25, 0.3) is 0 Å². The van der Waals surface area contributed by atoms with Gasteiger partial charge in [0.1, 0.15) is 0 Å². The number of carbonyl (C=O) groups excluding carboxylic acids is 2. The molecule has 1 saturated carbocycles. The van der Waals surface area contributed by atoms with Crippen molar-refractivity contribution in [2.24, 2.45) is 5.92 Å². The van der Waals surface area contributed by atoms with Crippen molar-refractivity contribution in [2.45, 2.75) is 57.6 Å². The maximum absolute atomic E-state index is 12.3. The second-order valence-electron chi connectivity index (χ2n) is 6.70. The van der Waals surface area contributed by atoms with Crippen LogP contribution >= 0.6 is 0 Å². The first kappa shape index (κ1) is 16.2. The van der Waals surface area contributed by atoms with E-state index in [0.29, 0.717) is 13.0 Å². The Hall–Kier alpha value is -1.68. The number of benzene rings is 1. The molecule has 3 atom stereocenters. The molecule has 2 amide bonds. The third-order valence-corrected chi connectivity index (χ3v) is 4.97. The summed E-state index contributed by atoms with van der Waals surface area (Å²) in [7, 11) is 0. The lowest BCUT2D eigenvalue weighted by molar-refractivity contribution is -0.147. The van der Waals surface area contributed by atoms with Crippen LogP contribution in [0.1, 0.15) is 44.6 Å². The topological polar surface area (TPSA) is 46.6 Å². The number of ether oxygens (including phenoxy) is 1. The summed E-state index contributed by atoms with van der Waals surface area (Å²) in [6.07, 6.45) is 5.19. The highest BCUT2D eigenvalue weighted by Crippen LogP contribution is 2.31. The molecule has 2 unspecified atom stereocenters. The molecule has 4 nitrogen and oxygen atoms in total. The summed E-state index contributed by atoms with van der Waals surface area (Å²) in [4.78, 5) is 26.0. The summed E-state index contributed by atoms with van der Waals surface area (Å²) in [5.41, 5.74) is 1.25. The number of hydrogen-bond acceptors (Lipinski definition) is 3. The molecule has 4 heteroatoms. The van der Waals surface area contributed by atoms with Gasteiger partial charge in [0.25, 0.3) is 0 Å². The average molecular weight is 315 g/mol. The van der Waals surface area contributed by atoms with Crippen molar-refractivity contribution in [1.82, 2.24) is 4.90 Å². The van der Waals surface area contributed by atoms with E-state index in [9.17, 15) is 9.59 Å². The molecular formula is C19H25NO3. The molecule has 0 bridgehead atoms. The van der Waals surface area contributed by atoms with Gasteiger partial charge in [0.2, 0.25) is 11.8 Å². The summed E-state index contributed by atoms with van der Waals surface area (Å²) in [6, 6.07) is 10.2. The monoisotopic (exact) mass is 315 g/mol. The van der Waals surface area contributed by atoms with Gasteiger partial charge in [0, 0.05) is 12.3 Å². The minimum Gasteiger partial charge on any atom is -0.376 e. The molecule has 2 aliphatic rings. The normalized spacial score (nSPS) is 28.4. The van der Waals surface area contributed by atoms with Crippen molar-refractivity contribution in [3.63, 3.8) is 0 Å². The summed E-state index contributed by atoms with van der Waals surface area (Å²) in [5, 5.41) is 0. The Labute approximate surface area is 137 Å². The number of nitrogens with zero attached hydrogens (tertiary/aromatic N) is 1. The van der Waals surface area contributed by atoms with Crippen molar-refractivity contribution >= 4 is 11.8 Å². The Morgan fingerprint density at radius 2 is 1.87 bits per heavy atom. The van der Waals surface area contributed by atoms with E-state index in [1.807, 2.05) is 25.1 Å². The van der Waals surface area contributed by atoms with Crippen molar-refractivity contribution < 1.29 is 14.3 Å². The van der Waals surface area contributed by atoms with Gasteiger partial charge in [-0.05, 0) is 24.8 Å². The first-order valence-corrected chi connectivity index (χ1v) is 8.68. The molecule has 0 aromatic heterocycles. The highest BCUT2D eigenvalue weighted by atomic mass is 16.5. The molecule has 1 aromatic carbocycles. The Kier molecular flexibility index (Phi) is 5.11. The second-order valence-corrected chi connectivity index (χ2v) is 6.70. The molecule has 0 N–H and O–H groups in total. The molecule has 1 saturated heterocycles. The van der Waals surface area contributed by atoms with Gasteiger partial charge in [0.15, 0.2) is 0 Å². The van der Waals surface area contributed by atoms with E-state index in [1.165, 1.54) is 10.5 Å². The smallest absolute Gasteiger partial charge is 0.232 e. The minimum absolute atomic E-state index is 0.00865. The quantitative estimate of drug-likeness (QED) is 0.785. The molecule has 1 heterocycles. The molecule has 1 aromatic rings. The number of likely N-dealkylation sites (tertiary alicyclic amines) is 1. The van der Waals surface area contributed by atoms with Gasteiger partial charge in [-0.1, -0.05) is 50.1 Å². The summed E-state index contributed by atoms with van der Waals surface area (Å²) in [6.45, 7) is 2.48. The number of rotatable bonds is 5. The van der Waals surface area contributed by atoms with Crippen LogP contribution in [0.3, 0.4) is 0 Å². The zero-order valence-corrected chi connectivity index (χ0v) is 13.7. The van der Waals surface area contributed by atoms with Crippen LogP contribution in [0.2, 0.25) is 0 Å². The van der Waals surface area contributed by atoms with E-state index in [4.69, 9.17) is 4.74 Å². The van der Waals surface area contributed by atoms with Crippen LogP contribution in [0.5, 0.6) is 0 Å². The standard InChI is InChI=1S/C19H25NO3/c1-14-13-18(21)20(19(14)22)16-9-5-6-10-17(16)23-12-11-15-7-3-2-4-8-15/h2-4,7-8,14,16-17H,5-6,9-13H2,1H3/t14?,16?,17-/m1/s1. The molecule has 1 aliphatic carbocycles. The molecule has 0 spiro atoms. The zero-order chi connectivity index (χ0) is 16.2. The maximum Gasteiger partial charge on any atom is 0.232 e. The SMILES string of the molecule is CC1CC(=O)N(C2CCCC[C@H]2OCCc2ccccc2)C1=O. The van der Waals surface area contributed by atoms with Crippen molar-refractivity contribution in [2.75, 3.05) is 6.61 Å². The first-order valence-electron chi connectivity index (χ1n) is 8.68. The van der Waals surface area contributed by atoms with Gasteiger partial charge in [-0.2, -0.15) is 0 Å². The fourth-order valence-corrected chi connectivity index (χ4v) is 3.70. The Balaban J connectivity index is 1.60. The number of amides is 2. The number of carbonyl (C=O) groups is 2. The third kappa shape index (κ3) is 3.63.